The summed E-state index contributed by atoms with van der Waals surface area (Å²) >= 11 is 0. The second kappa shape index (κ2) is 18.2. The minimum absolute atomic E-state index is 0.0261. The molecular weight excluding hydrogens is 763 g/mol. The lowest BCUT2D eigenvalue weighted by atomic mass is 10.0. The predicted octanol–water partition coefficient (Wildman–Crippen LogP) is 5.36. The zero-order chi connectivity index (χ0) is 41.8. The van der Waals surface area contributed by atoms with E-state index in [1.165, 1.54) is 19.3 Å². The summed E-state index contributed by atoms with van der Waals surface area (Å²) in [4.78, 5) is 85.1. The number of hydrogen-bond acceptors (Lipinski definition) is 12. The number of imide groups is 2. The maximum absolute atomic E-state index is 13.3. The molecule has 4 aliphatic rings. The van der Waals surface area contributed by atoms with Gasteiger partial charge in [0.15, 0.2) is 0 Å². The van der Waals surface area contributed by atoms with Crippen LogP contribution in [0.3, 0.4) is 0 Å². The van der Waals surface area contributed by atoms with Gasteiger partial charge in [0.2, 0.25) is 17.8 Å². The van der Waals surface area contributed by atoms with Crippen LogP contribution in [0.1, 0.15) is 114 Å². The van der Waals surface area contributed by atoms with Crippen LogP contribution in [-0.2, 0) is 9.59 Å². The van der Waals surface area contributed by atoms with Gasteiger partial charge in [0, 0.05) is 76.6 Å². The van der Waals surface area contributed by atoms with E-state index in [2.05, 4.69) is 41.4 Å². The van der Waals surface area contributed by atoms with Crippen molar-refractivity contribution in [1.82, 2.24) is 39.5 Å². The van der Waals surface area contributed by atoms with E-state index in [1.807, 2.05) is 18.3 Å². The second-order valence-corrected chi connectivity index (χ2v) is 16.6. The molecule has 5 amide bonds. The normalized spacial score (nSPS) is 18.7. The van der Waals surface area contributed by atoms with Crippen molar-refractivity contribution in [3.8, 4) is 0 Å². The number of carbonyl (C=O) groups is 5. The Hall–Kier alpha value is -5.90. The van der Waals surface area contributed by atoms with Crippen molar-refractivity contribution in [2.45, 2.75) is 89.1 Å². The fraction of sp³-hybridized carbons (Fsp3) is 0.500. The van der Waals surface area contributed by atoms with Gasteiger partial charge < -0.3 is 25.0 Å². The Morgan fingerprint density at radius 2 is 1.63 bits per heavy atom. The number of piperidine rings is 1. The standard InChI is InChI=1S/C44H55N11O5/c1-51(2)42(59)35-26-29-27-47-44(50-39(29)54(35)30-12-7-8-13-30)48-36-18-16-31(28-46-36)53-24-22-52(23-25-53)21-10-6-4-3-5-9-20-45-33-15-11-14-32-38(33)43(60)55(41(32)58)34-17-19-37(56)49-40(34)57/h11,14-16,18,26-28,30,34,45H,3-10,12-13,17,19-25H2,1-2H3,(H,49,56,57)(H,46,47,48,50). The van der Waals surface area contributed by atoms with Crippen molar-refractivity contribution in [3.63, 3.8) is 0 Å². The number of nitrogens with one attached hydrogen (secondary N) is 3. The molecule has 60 heavy (non-hydrogen) atoms. The number of benzene rings is 1. The number of pyridine rings is 1. The zero-order valence-corrected chi connectivity index (χ0v) is 34.6. The summed E-state index contributed by atoms with van der Waals surface area (Å²) in [5.41, 5.74) is 3.73. The van der Waals surface area contributed by atoms with Crippen molar-refractivity contribution < 1.29 is 24.0 Å². The lowest BCUT2D eigenvalue weighted by molar-refractivity contribution is -0.136. The Morgan fingerprint density at radius 1 is 0.867 bits per heavy atom. The molecule has 3 fully saturated rings. The van der Waals surface area contributed by atoms with E-state index in [9.17, 15) is 24.0 Å². The van der Waals surface area contributed by atoms with Crippen LogP contribution in [-0.4, -0.2) is 123 Å². The molecule has 3 aliphatic heterocycles. The molecule has 8 rings (SSSR count). The van der Waals surface area contributed by atoms with Crippen molar-refractivity contribution in [1.29, 1.82) is 0 Å². The quantitative estimate of drug-likeness (QED) is 0.0976. The third-order valence-electron chi connectivity index (χ3n) is 12.3. The van der Waals surface area contributed by atoms with E-state index >= 15 is 0 Å². The van der Waals surface area contributed by atoms with Gasteiger partial charge in [0.05, 0.1) is 23.0 Å². The van der Waals surface area contributed by atoms with Gasteiger partial charge in [0.1, 0.15) is 23.2 Å². The van der Waals surface area contributed by atoms with Crippen LogP contribution >= 0.6 is 0 Å². The molecular formula is C44H55N11O5. The summed E-state index contributed by atoms with van der Waals surface area (Å²) in [6.07, 6.45) is 15.0. The third kappa shape index (κ3) is 8.69. The first-order valence-corrected chi connectivity index (χ1v) is 21.5. The van der Waals surface area contributed by atoms with Gasteiger partial charge >= 0.3 is 0 Å². The maximum Gasteiger partial charge on any atom is 0.270 e. The van der Waals surface area contributed by atoms with E-state index in [4.69, 9.17) is 9.97 Å². The van der Waals surface area contributed by atoms with Crippen molar-refractivity contribution in [2.24, 2.45) is 0 Å². The molecule has 3 aromatic heterocycles. The molecule has 16 heteroatoms. The SMILES string of the molecule is CN(C)C(=O)c1cc2cnc(Nc3ccc(N4CCN(CCCCCCCCNc5cccc6c5C(=O)N(C5CCC(=O)NC5=O)C6=O)CC4)cn3)nc2n1C1CCCC1. The van der Waals surface area contributed by atoms with Crippen LogP contribution in [0.5, 0.6) is 0 Å². The number of amides is 5. The number of hydrogen-bond donors (Lipinski definition) is 3. The number of fused-ring (bicyclic) bond motifs is 2. The van der Waals surface area contributed by atoms with Gasteiger partial charge in [0.25, 0.3) is 17.7 Å². The van der Waals surface area contributed by atoms with Gasteiger partial charge in [-0.15, -0.1) is 0 Å². The average molecular weight is 818 g/mol. The molecule has 0 radical (unpaired) electrons. The summed E-state index contributed by atoms with van der Waals surface area (Å²) in [5, 5.41) is 9.72. The Labute approximate surface area is 350 Å². The highest BCUT2D eigenvalue weighted by atomic mass is 16.2. The molecule has 1 atom stereocenters. The first-order valence-electron chi connectivity index (χ1n) is 21.5. The molecule has 316 valence electrons. The highest BCUT2D eigenvalue weighted by Crippen LogP contribution is 2.35. The van der Waals surface area contributed by atoms with Crippen LogP contribution in [0.2, 0.25) is 0 Å². The van der Waals surface area contributed by atoms with Gasteiger partial charge in [-0.05, 0) is 69.0 Å². The van der Waals surface area contributed by atoms with Crippen molar-refractivity contribution >= 4 is 63.7 Å². The topological polar surface area (TPSA) is 178 Å². The number of carbonyl (C=O) groups excluding carboxylic acids is 5. The number of piperazine rings is 1. The van der Waals surface area contributed by atoms with Crippen LogP contribution < -0.4 is 20.9 Å². The van der Waals surface area contributed by atoms with Crippen LogP contribution in [0.15, 0.2) is 48.8 Å². The number of rotatable bonds is 16. The number of aromatic nitrogens is 4. The largest absolute Gasteiger partial charge is 0.384 e. The van der Waals surface area contributed by atoms with Crippen LogP contribution in [0.4, 0.5) is 23.1 Å². The number of nitrogens with zero attached hydrogens (tertiary/aromatic N) is 8. The summed E-state index contributed by atoms with van der Waals surface area (Å²) in [6, 6.07) is 10.4. The molecule has 0 spiro atoms. The number of anilines is 4. The Balaban J connectivity index is 0.727. The maximum atomic E-state index is 13.3. The van der Waals surface area contributed by atoms with Gasteiger partial charge in [-0.1, -0.05) is 44.6 Å². The second-order valence-electron chi connectivity index (χ2n) is 16.6. The molecule has 2 saturated heterocycles. The molecule has 3 N–H and O–H groups in total. The molecule has 1 aromatic carbocycles. The minimum atomic E-state index is -0.971. The zero-order valence-electron chi connectivity index (χ0n) is 34.6. The van der Waals surface area contributed by atoms with E-state index in [-0.39, 0.29) is 36.3 Å². The molecule has 0 bridgehead atoms. The fourth-order valence-electron chi connectivity index (χ4n) is 9.04. The summed E-state index contributed by atoms with van der Waals surface area (Å²) in [6.45, 7) is 5.71. The highest BCUT2D eigenvalue weighted by molar-refractivity contribution is 6.25. The van der Waals surface area contributed by atoms with Crippen molar-refractivity contribution in [3.05, 3.63) is 65.6 Å². The predicted molar refractivity (Wildman–Crippen MR) is 229 cm³/mol. The summed E-state index contributed by atoms with van der Waals surface area (Å²) < 4.78 is 2.12. The first-order chi connectivity index (χ1) is 29.2. The lowest BCUT2D eigenvalue weighted by Gasteiger charge is -2.36. The highest BCUT2D eigenvalue weighted by Gasteiger charge is 2.45. The Morgan fingerprint density at radius 3 is 2.37 bits per heavy atom. The minimum Gasteiger partial charge on any atom is -0.384 e. The lowest BCUT2D eigenvalue weighted by Crippen LogP contribution is -2.54. The molecule has 16 nitrogen and oxygen atoms in total. The smallest absolute Gasteiger partial charge is 0.270 e. The molecule has 1 aliphatic carbocycles. The average Bonchev–Trinajstić information content (AvgIpc) is 3.97. The Bertz CT molecular complexity index is 2240. The monoisotopic (exact) mass is 817 g/mol. The summed E-state index contributed by atoms with van der Waals surface area (Å²) in [5.74, 6) is -0.871. The molecule has 4 aromatic rings. The van der Waals surface area contributed by atoms with E-state index in [0.717, 1.165) is 99.3 Å². The van der Waals surface area contributed by atoms with Gasteiger partial charge in [-0.2, -0.15) is 4.98 Å². The first kappa shape index (κ1) is 40.9. The van der Waals surface area contributed by atoms with Crippen molar-refractivity contribution in [2.75, 3.05) is 68.9 Å². The van der Waals surface area contributed by atoms with Gasteiger partial charge in [-0.3, -0.25) is 39.1 Å². The summed E-state index contributed by atoms with van der Waals surface area (Å²) in [7, 11) is 3.56. The number of unbranched alkanes of at least 4 members (excludes halogenated alkanes) is 5. The molecule has 1 unspecified atom stereocenters. The fourth-order valence-corrected chi connectivity index (χ4v) is 9.04. The molecule has 1 saturated carbocycles. The van der Waals surface area contributed by atoms with Crippen LogP contribution in [0.25, 0.3) is 11.0 Å². The van der Waals surface area contributed by atoms with Crippen LogP contribution in [0, 0.1) is 0 Å². The van der Waals surface area contributed by atoms with E-state index in [1.54, 1.807) is 43.4 Å². The Kier molecular flexibility index (Phi) is 12.4. The third-order valence-corrected chi connectivity index (χ3v) is 12.3. The molecule has 6 heterocycles. The van der Waals surface area contributed by atoms with E-state index in [0.29, 0.717) is 35.3 Å². The van der Waals surface area contributed by atoms with E-state index < -0.39 is 23.8 Å². The van der Waals surface area contributed by atoms with Gasteiger partial charge in [-0.25, -0.2) is 9.97 Å².